The van der Waals surface area contributed by atoms with Gasteiger partial charge in [0.05, 0.1) is 23.0 Å². The molecule has 1 saturated heterocycles. The molecule has 140 valence electrons. The molecule has 0 bridgehead atoms. The highest BCUT2D eigenvalue weighted by Crippen LogP contribution is 2.44. The summed E-state index contributed by atoms with van der Waals surface area (Å²) >= 11 is 0. The van der Waals surface area contributed by atoms with Crippen molar-refractivity contribution in [1.82, 2.24) is 0 Å². The summed E-state index contributed by atoms with van der Waals surface area (Å²) in [7, 11) is -2.88. The lowest BCUT2D eigenvalue weighted by atomic mass is 9.62. The van der Waals surface area contributed by atoms with Crippen molar-refractivity contribution in [3.8, 4) is 6.07 Å². The number of nitriles is 1. The number of sulfone groups is 1. The van der Waals surface area contributed by atoms with Gasteiger partial charge in [-0.25, -0.2) is 8.42 Å². The molecule has 1 saturated carbocycles. The Morgan fingerprint density at radius 3 is 2.41 bits per heavy atom. The van der Waals surface area contributed by atoms with Crippen LogP contribution < -0.4 is 10.2 Å². The fourth-order valence-corrected chi connectivity index (χ4v) is 5.23. The summed E-state index contributed by atoms with van der Waals surface area (Å²) in [4.78, 5) is 2.12. The molecule has 0 radical (unpaired) electrons. The zero-order valence-electron chi connectivity index (χ0n) is 15.1. The van der Waals surface area contributed by atoms with Crippen LogP contribution in [0.4, 0.5) is 11.4 Å². The lowest BCUT2D eigenvalue weighted by Gasteiger charge is -2.43. The van der Waals surface area contributed by atoms with Crippen LogP contribution >= 0.6 is 0 Å². The summed E-state index contributed by atoms with van der Waals surface area (Å²) < 4.78 is 23.3. The third-order valence-electron chi connectivity index (χ3n) is 5.66. The van der Waals surface area contributed by atoms with E-state index in [2.05, 4.69) is 22.4 Å². The molecule has 0 atom stereocenters. The predicted octanol–water partition coefficient (Wildman–Crippen LogP) is 2.96. The molecule has 4 rings (SSSR count). The molecule has 2 aromatic carbocycles. The van der Waals surface area contributed by atoms with E-state index >= 15 is 0 Å². The van der Waals surface area contributed by atoms with Crippen molar-refractivity contribution in [3.63, 3.8) is 0 Å². The Morgan fingerprint density at radius 1 is 1.04 bits per heavy atom. The second kappa shape index (κ2) is 6.90. The largest absolute Gasteiger partial charge is 0.382 e. The van der Waals surface area contributed by atoms with E-state index in [9.17, 15) is 13.7 Å². The normalized spacial score (nSPS) is 26.6. The maximum absolute atomic E-state index is 11.6. The van der Waals surface area contributed by atoms with Gasteiger partial charge in [0.1, 0.15) is 0 Å². The zero-order chi connectivity index (χ0) is 18.9. The van der Waals surface area contributed by atoms with Gasteiger partial charge in [-0.15, -0.1) is 0 Å². The molecule has 0 unspecified atom stereocenters. The van der Waals surface area contributed by atoms with E-state index in [1.54, 1.807) is 0 Å². The maximum atomic E-state index is 11.6. The fraction of sp³-hybridized carbons (Fsp3) is 0.381. The Labute approximate surface area is 160 Å². The summed E-state index contributed by atoms with van der Waals surface area (Å²) in [5.74, 6) is 0.435. The second-order valence-electron chi connectivity index (χ2n) is 7.50. The van der Waals surface area contributed by atoms with E-state index in [1.165, 1.54) is 0 Å². The van der Waals surface area contributed by atoms with Gasteiger partial charge in [-0.05, 0) is 36.6 Å². The molecule has 0 amide bonds. The molecule has 1 N–H and O–H groups in total. The molecule has 2 aliphatic rings. The van der Waals surface area contributed by atoms with E-state index in [-0.39, 0.29) is 17.5 Å². The summed E-state index contributed by atoms with van der Waals surface area (Å²) in [6.45, 7) is 1.08. The molecule has 0 aromatic heterocycles. The van der Waals surface area contributed by atoms with E-state index < -0.39 is 15.3 Å². The Hall–Kier alpha value is -2.52. The van der Waals surface area contributed by atoms with Crippen molar-refractivity contribution in [2.24, 2.45) is 0 Å². The van der Waals surface area contributed by atoms with E-state index in [0.29, 0.717) is 13.1 Å². The average Bonchev–Trinajstić information content (AvgIpc) is 2.65. The van der Waals surface area contributed by atoms with E-state index in [1.807, 2.05) is 48.5 Å². The lowest BCUT2D eigenvalue weighted by Crippen LogP contribution is -2.47. The molecule has 2 fully saturated rings. The highest BCUT2D eigenvalue weighted by atomic mass is 32.2. The van der Waals surface area contributed by atoms with Gasteiger partial charge in [0.25, 0.3) is 0 Å². The molecule has 0 spiro atoms. The number of hydrogen-bond acceptors (Lipinski definition) is 5. The number of anilines is 2. The molecule has 5 nitrogen and oxygen atoms in total. The van der Waals surface area contributed by atoms with Gasteiger partial charge < -0.3 is 10.2 Å². The van der Waals surface area contributed by atoms with Crippen molar-refractivity contribution in [2.75, 3.05) is 34.8 Å². The van der Waals surface area contributed by atoms with Crippen LogP contribution in [-0.4, -0.2) is 39.1 Å². The van der Waals surface area contributed by atoms with Crippen LogP contribution in [0.3, 0.4) is 0 Å². The second-order valence-corrected chi connectivity index (χ2v) is 9.80. The van der Waals surface area contributed by atoms with E-state index in [4.69, 9.17) is 0 Å². The Bertz CT molecular complexity index is 946. The quantitative estimate of drug-likeness (QED) is 0.881. The van der Waals surface area contributed by atoms with Gasteiger partial charge in [-0.2, -0.15) is 5.26 Å². The minimum atomic E-state index is -2.88. The van der Waals surface area contributed by atoms with Crippen LogP contribution in [0.2, 0.25) is 0 Å². The van der Waals surface area contributed by atoms with Crippen LogP contribution in [0.25, 0.3) is 0 Å². The van der Waals surface area contributed by atoms with Crippen molar-refractivity contribution in [3.05, 3.63) is 60.2 Å². The van der Waals surface area contributed by atoms with Crippen LogP contribution in [0.1, 0.15) is 18.4 Å². The van der Waals surface area contributed by atoms with Crippen molar-refractivity contribution in [2.45, 2.75) is 24.3 Å². The number of rotatable bonds is 4. The van der Waals surface area contributed by atoms with Crippen molar-refractivity contribution in [1.29, 1.82) is 5.26 Å². The first-order valence-electron chi connectivity index (χ1n) is 9.28. The van der Waals surface area contributed by atoms with Gasteiger partial charge in [0, 0.05) is 30.5 Å². The number of nitrogens with zero attached hydrogens (tertiary/aromatic N) is 2. The SMILES string of the molecule is N#CC1(c2ccccc2)CC(Nc2cccc(N3CCS(=O)(=O)CC3)c2)C1. The number of nitrogens with one attached hydrogen (secondary N) is 1. The average molecular weight is 382 g/mol. The fourth-order valence-electron chi connectivity index (χ4n) is 4.03. The highest BCUT2D eigenvalue weighted by Gasteiger charge is 2.46. The third kappa shape index (κ3) is 3.65. The minimum Gasteiger partial charge on any atom is -0.382 e. The van der Waals surface area contributed by atoms with Crippen molar-refractivity contribution >= 4 is 21.2 Å². The van der Waals surface area contributed by atoms with Crippen LogP contribution in [-0.2, 0) is 15.3 Å². The Kier molecular flexibility index (Phi) is 4.56. The first-order valence-corrected chi connectivity index (χ1v) is 11.1. The van der Waals surface area contributed by atoms with Gasteiger partial charge in [0.15, 0.2) is 9.84 Å². The summed E-state index contributed by atoms with van der Waals surface area (Å²) in [5, 5.41) is 13.2. The summed E-state index contributed by atoms with van der Waals surface area (Å²) in [6.07, 6.45) is 1.58. The zero-order valence-corrected chi connectivity index (χ0v) is 16.0. The molecule has 2 aromatic rings. The molecular weight excluding hydrogens is 358 g/mol. The topological polar surface area (TPSA) is 73.2 Å². The van der Waals surface area contributed by atoms with E-state index in [0.717, 1.165) is 29.8 Å². The van der Waals surface area contributed by atoms with Gasteiger partial charge in [-0.1, -0.05) is 36.4 Å². The van der Waals surface area contributed by atoms with Crippen LogP contribution in [0.15, 0.2) is 54.6 Å². The predicted molar refractivity (Wildman–Crippen MR) is 108 cm³/mol. The smallest absolute Gasteiger partial charge is 0.153 e. The molecule has 1 aliphatic heterocycles. The summed E-state index contributed by atoms with van der Waals surface area (Å²) in [5.41, 5.74) is 2.76. The number of benzene rings is 2. The highest BCUT2D eigenvalue weighted by molar-refractivity contribution is 7.91. The number of hydrogen-bond donors (Lipinski definition) is 1. The monoisotopic (exact) mass is 381 g/mol. The van der Waals surface area contributed by atoms with Crippen molar-refractivity contribution < 1.29 is 8.42 Å². The molecule has 6 heteroatoms. The standard InChI is InChI=1S/C21H23N3O2S/c22-16-21(17-5-2-1-3-6-17)14-19(15-21)23-18-7-4-8-20(13-18)24-9-11-27(25,26)12-10-24/h1-8,13,19,23H,9-12,14-15H2. The molecule has 1 heterocycles. The third-order valence-corrected chi connectivity index (χ3v) is 7.27. The first kappa shape index (κ1) is 17.9. The van der Waals surface area contributed by atoms with Gasteiger partial charge in [-0.3, -0.25) is 0 Å². The van der Waals surface area contributed by atoms with Crippen LogP contribution in [0, 0.1) is 11.3 Å². The van der Waals surface area contributed by atoms with Gasteiger partial charge in [0.2, 0.25) is 0 Å². The Balaban J connectivity index is 1.41. The molecular formula is C21H23N3O2S. The Morgan fingerprint density at radius 2 is 1.74 bits per heavy atom. The minimum absolute atomic E-state index is 0.217. The first-order chi connectivity index (χ1) is 13.0. The van der Waals surface area contributed by atoms with Gasteiger partial charge >= 0.3 is 0 Å². The molecule has 27 heavy (non-hydrogen) atoms. The summed E-state index contributed by atoms with van der Waals surface area (Å²) in [6, 6.07) is 20.9. The molecule has 1 aliphatic carbocycles. The lowest BCUT2D eigenvalue weighted by molar-refractivity contribution is 0.289. The van der Waals surface area contributed by atoms with Crippen LogP contribution in [0.5, 0.6) is 0 Å². The maximum Gasteiger partial charge on any atom is 0.153 e.